The van der Waals surface area contributed by atoms with E-state index in [0.717, 1.165) is 24.3 Å². The number of amides is 2. The maximum absolute atomic E-state index is 13.8. The second-order valence-corrected chi connectivity index (χ2v) is 9.68. The number of hydrogen-bond donors (Lipinski definition) is 1. The Bertz CT molecular complexity index is 1440. The van der Waals surface area contributed by atoms with Gasteiger partial charge < -0.3 is 19.7 Å². The van der Waals surface area contributed by atoms with Crippen LogP contribution in [0.15, 0.2) is 30.6 Å². The number of nitrogens with zero attached hydrogens (tertiary/aromatic N) is 6. The molecular formula is C27H30FN7O2. The molecule has 2 aromatic heterocycles. The number of piperazine rings is 1. The highest BCUT2D eigenvalue weighted by Crippen LogP contribution is 2.40. The van der Waals surface area contributed by atoms with E-state index >= 15 is 0 Å². The van der Waals surface area contributed by atoms with Gasteiger partial charge >= 0.3 is 0 Å². The van der Waals surface area contributed by atoms with Crippen LogP contribution < -0.4 is 10.2 Å². The molecule has 2 amide bonds. The van der Waals surface area contributed by atoms with Gasteiger partial charge in [0.15, 0.2) is 0 Å². The molecule has 0 spiro atoms. The van der Waals surface area contributed by atoms with Gasteiger partial charge in [0.2, 0.25) is 0 Å². The van der Waals surface area contributed by atoms with Crippen LogP contribution in [0, 0.1) is 19.7 Å². The molecule has 0 unspecified atom stereocenters. The number of benzene rings is 1. The van der Waals surface area contributed by atoms with E-state index in [0.29, 0.717) is 52.8 Å². The molecule has 0 aliphatic carbocycles. The molecule has 1 N–H and O–H groups in total. The van der Waals surface area contributed by atoms with Crippen molar-refractivity contribution in [2.45, 2.75) is 13.8 Å². The average Bonchev–Trinajstić information content (AvgIpc) is 3.30. The predicted molar refractivity (Wildman–Crippen MR) is 141 cm³/mol. The molecule has 0 saturated carbocycles. The Morgan fingerprint density at radius 1 is 1.03 bits per heavy atom. The number of fused-ring (bicyclic) bond motifs is 1. The zero-order valence-electron chi connectivity index (χ0n) is 21.7. The van der Waals surface area contributed by atoms with E-state index < -0.39 is 0 Å². The van der Waals surface area contributed by atoms with Crippen LogP contribution in [-0.2, 0) is 11.8 Å². The summed E-state index contributed by atoms with van der Waals surface area (Å²) in [5.41, 5.74) is 4.35. The van der Waals surface area contributed by atoms with Gasteiger partial charge in [-0.3, -0.25) is 14.5 Å². The first-order valence-electron chi connectivity index (χ1n) is 12.2. The largest absolute Gasteiger partial charge is 0.340 e. The van der Waals surface area contributed by atoms with E-state index in [-0.39, 0.29) is 17.6 Å². The van der Waals surface area contributed by atoms with Crippen LogP contribution in [-0.4, -0.2) is 76.4 Å². The van der Waals surface area contributed by atoms with Crippen molar-refractivity contribution in [1.82, 2.24) is 24.3 Å². The summed E-state index contributed by atoms with van der Waals surface area (Å²) >= 11 is 0. The molecule has 1 fully saturated rings. The standard InChI is InChI=1S/C27H30FN7O2/c1-16-12-18(6-7-20(16)28)31-24-23-19(26(36)34(5)25(23)30-15-29-24)14-21-17(2)13-22(33(21)4)27(37)35-10-8-32(3)9-11-35/h6-7,12-15H,8-11H2,1-5H3,(H,29,30,31)/b19-14-. The van der Waals surface area contributed by atoms with Crippen molar-refractivity contribution < 1.29 is 14.0 Å². The maximum atomic E-state index is 13.8. The fourth-order valence-corrected chi connectivity index (χ4v) is 4.84. The van der Waals surface area contributed by atoms with Crippen molar-refractivity contribution in [3.8, 4) is 0 Å². The van der Waals surface area contributed by atoms with Crippen molar-refractivity contribution in [3.63, 3.8) is 0 Å². The van der Waals surface area contributed by atoms with Crippen LogP contribution >= 0.6 is 0 Å². The van der Waals surface area contributed by atoms with E-state index in [1.807, 2.05) is 29.5 Å². The summed E-state index contributed by atoms with van der Waals surface area (Å²) in [6, 6.07) is 6.57. The summed E-state index contributed by atoms with van der Waals surface area (Å²) in [6.07, 6.45) is 3.19. The Morgan fingerprint density at radius 2 is 1.76 bits per heavy atom. The van der Waals surface area contributed by atoms with Gasteiger partial charge in [0.05, 0.1) is 11.1 Å². The molecule has 4 heterocycles. The minimum atomic E-state index is -0.296. The first-order valence-corrected chi connectivity index (χ1v) is 12.2. The Kier molecular flexibility index (Phi) is 6.28. The van der Waals surface area contributed by atoms with Gasteiger partial charge in [-0.1, -0.05) is 0 Å². The molecule has 37 heavy (non-hydrogen) atoms. The Labute approximate surface area is 215 Å². The molecule has 2 aliphatic rings. The van der Waals surface area contributed by atoms with E-state index in [9.17, 15) is 14.0 Å². The molecule has 2 aliphatic heterocycles. The normalized spacial score (nSPS) is 17.0. The zero-order chi connectivity index (χ0) is 26.4. The van der Waals surface area contributed by atoms with E-state index in [2.05, 4.69) is 27.2 Å². The number of rotatable bonds is 4. The predicted octanol–water partition coefficient (Wildman–Crippen LogP) is 3.22. The third-order valence-electron chi connectivity index (χ3n) is 7.14. The minimum absolute atomic E-state index is 0.0176. The monoisotopic (exact) mass is 503 g/mol. The van der Waals surface area contributed by atoms with Crippen LogP contribution in [0.3, 0.4) is 0 Å². The van der Waals surface area contributed by atoms with Gasteiger partial charge in [0.25, 0.3) is 11.8 Å². The van der Waals surface area contributed by atoms with Gasteiger partial charge in [0, 0.05) is 51.7 Å². The molecule has 192 valence electrons. The van der Waals surface area contributed by atoms with Gasteiger partial charge in [-0.05, 0) is 62.4 Å². The number of halogens is 1. The van der Waals surface area contributed by atoms with Crippen LogP contribution in [0.25, 0.3) is 11.6 Å². The number of carbonyl (C=O) groups is 2. The number of hydrogen-bond acceptors (Lipinski definition) is 6. The second-order valence-electron chi connectivity index (χ2n) is 9.68. The maximum Gasteiger partial charge on any atom is 0.270 e. The quantitative estimate of drug-likeness (QED) is 0.551. The molecule has 1 aromatic carbocycles. The highest BCUT2D eigenvalue weighted by atomic mass is 19.1. The fourth-order valence-electron chi connectivity index (χ4n) is 4.84. The first-order chi connectivity index (χ1) is 17.7. The molecule has 10 heteroatoms. The van der Waals surface area contributed by atoms with Crippen LogP contribution in [0.4, 0.5) is 21.7 Å². The molecule has 1 saturated heterocycles. The highest BCUT2D eigenvalue weighted by Gasteiger charge is 2.35. The summed E-state index contributed by atoms with van der Waals surface area (Å²) in [7, 11) is 5.56. The molecular weight excluding hydrogens is 473 g/mol. The lowest BCUT2D eigenvalue weighted by atomic mass is 10.1. The number of anilines is 3. The summed E-state index contributed by atoms with van der Waals surface area (Å²) in [5.74, 6) is 0.390. The minimum Gasteiger partial charge on any atom is -0.340 e. The van der Waals surface area contributed by atoms with Gasteiger partial charge in [-0.15, -0.1) is 0 Å². The molecule has 3 aromatic rings. The topological polar surface area (TPSA) is 86.6 Å². The summed E-state index contributed by atoms with van der Waals surface area (Å²) in [5, 5.41) is 3.22. The first kappa shape index (κ1) is 24.6. The fraction of sp³-hybridized carbons (Fsp3) is 0.333. The summed E-state index contributed by atoms with van der Waals surface area (Å²) < 4.78 is 15.6. The summed E-state index contributed by atoms with van der Waals surface area (Å²) in [6.45, 7) is 6.66. The number of aryl methyl sites for hydroxylation is 2. The van der Waals surface area contributed by atoms with E-state index in [1.54, 1.807) is 32.2 Å². The Balaban J connectivity index is 1.54. The van der Waals surface area contributed by atoms with Crippen LogP contribution in [0.2, 0.25) is 0 Å². The van der Waals surface area contributed by atoms with Crippen molar-refractivity contribution in [1.29, 1.82) is 0 Å². The summed E-state index contributed by atoms with van der Waals surface area (Å²) in [4.78, 5) is 40.9. The average molecular weight is 504 g/mol. The third kappa shape index (κ3) is 4.37. The van der Waals surface area contributed by atoms with Gasteiger partial charge in [-0.25, -0.2) is 14.4 Å². The van der Waals surface area contributed by atoms with Crippen molar-refractivity contribution >= 4 is 40.8 Å². The van der Waals surface area contributed by atoms with Crippen molar-refractivity contribution in [2.75, 3.05) is 50.5 Å². The highest BCUT2D eigenvalue weighted by molar-refractivity contribution is 6.36. The Morgan fingerprint density at radius 3 is 2.46 bits per heavy atom. The lowest BCUT2D eigenvalue weighted by Crippen LogP contribution is -2.47. The SMILES string of the molecule is Cc1cc(Nc2ncnc3c2/C(=C/c2c(C)cc(C(=O)N4CCN(C)CC4)n2C)C(=O)N3C)ccc1F. The number of nitrogens with one attached hydrogen (secondary N) is 1. The molecule has 5 rings (SSSR count). The smallest absolute Gasteiger partial charge is 0.270 e. The third-order valence-corrected chi connectivity index (χ3v) is 7.14. The van der Waals surface area contributed by atoms with E-state index in [1.165, 1.54) is 17.3 Å². The molecule has 0 radical (unpaired) electrons. The van der Waals surface area contributed by atoms with E-state index in [4.69, 9.17) is 0 Å². The Hall–Kier alpha value is -4.05. The lowest BCUT2D eigenvalue weighted by Gasteiger charge is -2.32. The number of likely N-dealkylation sites (N-methyl/N-ethyl adjacent to an activating group) is 2. The zero-order valence-corrected chi connectivity index (χ0v) is 21.7. The number of carbonyl (C=O) groups excluding carboxylic acids is 2. The number of aromatic nitrogens is 3. The van der Waals surface area contributed by atoms with Crippen LogP contribution in [0.1, 0.15) is 32.9 Å². The van der Waals surface area contributed by atoms with Crippen molar-refractivity contribution in [3.05, 3.63) is 64.5 Å². The molecule has 0 bridgehead atoms. The lowest BCUT2D eigenvalue weighted by molar-refractivity contribution is -0.112. The van der Waals surface area contributed by atoms with Crippen LogP contribution in [0.5, 0.6) is 0 Å². The molecule has 9 nitrogen and oxygen atoms in total. The second kappa shape index (κ2) is 9.44. The van der Waals surface area contributed by atoms with Crippen molar-refractivity contribution in [2.24, 2.45) is 7.05 Å². The van der Waals surface area contributed by atoms with Gasteiger partial charge in [0.1, 0.15) is 29.5 Å². The van der Waals surface area contributed by atoms with Gasteiger partial charge in [-0.2, -0.15) is 0 Å². The molecule has 0 atom stereocenters.